The van der Waals surface area contributed by atoms with E-state index in [-0.39, 0.29) is 11.6 Å². The Morgan fingerprint density at radius 3 is 2.44 bits per heavy atom. The summed E-state index contributed by atoms with van der Waals surface area (Å²) in [6.45, 7) is 0. The van der Waals surface area contributed by atoms with Crippen molar-refractivity contribution >= 4 is 11.9 Å². The summed E-state index contributed by atoms with van der Waals surface area (Å²) in [7, 11) is 0. The zero-order chi connectivity index (χ0) is 17.1. The number of hydrogen-bond acceptors (Lipinski definition) is 5. The van der Waals surface area contributed by atoms with Crippen molar-refractivity contribution in [3.05, 3.63) is 78.6 Å². The first-order valence-electron chi connectivity index (χ1n) is 7.61. The molecule has 0 atom stereocenters. The minimum absolute atomic E-state index is 0.0955. The van der Waals surface area contributed by atoms with Gasteiger partial charge in [-0.1, -0.05) is 36.4 Å². The Balaban J connectivity index is 1.50. The number of anilines is 1. The van der Waals surface area contributed by atoms with Crippen molar-refractivity contribution in [2.24, 2.45) is 0 Å². The van der Waals surface area contributed by atoms with Gasteiger partial charge in [-0.25, -0.2) is 4.68 Å². The van der Waals surface area contributed by atoms with Crippen molar-refractivity contribution in [2.75, 3.05) is 5.32 Å². The summed E-state index contributed by atoms with van der Waals surface area (Å²) >= 11 is 0. The number of amides is 1. The molecule has 25 heavy (non-hydrogen) atoms. The van der Waals surface area contributed by atoms with Crippen molar-refractivity contribution in [1.82, 2.24) is 19.9 Å². The van der Waals surface area contributed by atoms with Crippen LogP contribution in [0, 0.1) is 0 Å². The standard InChI is InChI=1S/C18H13N5O2/c24-16(15-11-12-23(21-15)14-9-5-2-6-10-14)19-18-20-17(25-22-18)13-7-3-1-4-8-13/h1-12H,(H,19,22,24). The number of para-hydroxylation sites is 1. The lowest BCUT2D eigenvalue weighted by atomic mass is 10.2. The van der Waals surface area contributed by atoms with Crippen molar-refractivity contribution in [2.45, 2.75) is 0 Å². The van der Waals surface area contributed by atoms with Gasteiger partial charge in [0.15, 0.2) is 5.69 Å². The molecule has 0 aliphatic carbocycles. The second-order valence-corrected chi connectivity index (χ2v) is 5.22. The smallest absolute Gasteiger partial charge is 0.278 e. The molecule has 2 aromatic heterocycles. The first kappa shape index (κ1) is 14.8. The summed E-state index contributed by atoms with van der Waals surface area (Å²) in [5.74, 6) is 0.0268. The fourth-order valence-electron chi connectivity index (χ4n) is 2.31. The Hall–Kier alpha value is -3.74. The van der Waals surface area contributed by atoms with Gasteiger partial charge in [-0.05, 0) is 35.5 Å². The highest BCUT2D eigenvalue weighted by Gasteiger charge is 2.15. The van der Waals surface area contributed by atoms with Gasteiger partial charge in [-0.2, -0.15) is 10.1 Å². The van der Waals surface area contributed by atoms with Gasteiger partial charge in [0.25, 0.3) is 17.7 Å². The largest absolute Gasteiger partial charge is 0.332 e. The average molecular weight is 331 g/mol. The molecule has 0 unspecified atom stereocenters. The van der Waals surface area contributed by atoms with E-state index in [0.717, 1.165) is 11.3 Å². The maximum Gasteiger partial charge on any atom is 0.278 e. The predicted molar refractivity (Wildman–Crippen MR) is 91.3 cm³/mol. The van der Waals surface area contributed by atoms with E-state index in [1.165, 1.54) is 0 Å². The highest BCUT2D eigenvalue weighted by Crippen LogP contribution is 2.18. The number of nitrogens with one attached hydrogen (secondary N) is 1. The number of rotatable bonds is 4. The molecule has 122 valence electrons. The van der Waals surface area contributed by atoms with Crippen LogP contribution < -0.4 is 5.32 Å². The second-order valence-electron chi connectivity index (χ2n) is 5.22. The lowest BCUT2D eigenvalue weighted by Crippen LogP contribution is -2.14. The summed E-state index contributed by atoms with van der Waals surface area (Å²) in [6.07, 6.45) is 1.72. The van der Waals surface area contributed by atoms with E-state index < -0.39 is 5.91 Å². The lowest BCUT2D eigenvalue weighted by molar-refractivity contribution is 0.102. The highest BCUT2D eigenvalue weighted by molar-refractivity contribution is 6.01. The fraction of sp³-hybridized carbons (Fsp3) is 0. The van der Waals surface area contributed by atoms with Gasteiger partial charge in [0.05, 0.1) is 5.69 Å². The number of carbonyl (C=O) groups is 1. The monoisotopic (exact) mass is 331 g/mol. The minimum atomic E-state index is -0.407. The predicted octanol–water partition coefficient (Wildman–Crippen LogP) is 3.17. The molecule has 1 amide bonds. The Kier molecular flexibility index (Phi) is 3.80. The van der Waals surface area contributed by atoms with Crippen molar-refractivity contribution in [1.29, 1.82) is 0 Å². The zero-order valence-corrected chi connectivity index (χ0v) is 13.0. The number of carbonyl (C=O) groups excluding carboxylic acids is 1. The number of benzene rings is 2. The van der Waals surface area contributed by atoms with Gasteiger partial charge in [-0.15, -0.1) is 0 Å². The highest BCUT2D eigenvalue weighted by atomic mass is 16.5. The SMILES string of the molecule is O=C(Nc1noc(-c2ccccc2)n1)c1ccn(-c2ccccc2)n1. The van der Waals surface area contributed by atoms with Crippen LogP contribution in [0.15, 0.2) is 77.4 Å². The summed E-state index contributed by atoms with van der Waals surface area (Å²) in [5, 5.41) is 10.6. The van der Waals surface area contributed by atoms with Gasteiger partial charge in [-0.3, -0.25) is 10.1 Å². The third-order valence-corrected chi connectivity index (χ3v) is 3.51. The van der Waals surface area contributed by atoms with Crippen LogP contribution in [-0.4, -0.2) is 25.8 Å². The van der Waals surface area contributed by atoms with Crippen LogP contribution in [0.4, 0.5) is 5.95 Å². The topological polar surface area (TPSA) is 85.8 Å². The molecular weight excluding hydrogens is 318 g/mol. The van der Waals surface area contributed by atoms with Crippen LogP contribution in [0.3, 0.4) is 0 Å². The van der Waals surface area contributed by atoms with E-state index in [0.29, 0.717) is 5.89 Å². The van der Waals surface area contributed by atoms with E-state index in [1.807, 2.05) is 60.7 Å². The van der Waals surface area contributed by atoms with Gasteiger partial charge >= 0.3 is 0 Å². The maximum absolute atomic E-state index is 12.3. The van der Waals surface area contributed by atoms with E-state index in [4.69, 9.17) is 4.52 Å². The molecule has 1 N–H and O–H groups in total. The molecule has 4 rings (SSSR count). The zero-order valence-electron chi connectivity index (χ0n) is 13.0. The maximum atomic E-state index is 12.3. The fourth-order valence-corrected chi connectivity index (χ4v) is 2.31. The molecule has 0 radical (unpaired) electrons. The van der Waals surface area contributed by atoms with Crippen LogP contribution >= 0.6 is 0 Å². The van der Waals surface area contributed by atoms with Crippen LogP contribution in [-0.2, 0) is 0 Å². The quantitative estimate of drug-likeness (QED) is 0.621. The summed E-state index contributed by atoms with van der Waals surface area (Å²) in [4.78, 5) is 16.5. The molecule has 0 bridgehead atoms. The Morgan fingerprint density at radius 1 is 0.960 bits per heavy atom. The Labute approximate surface area is 142 Å². The van der Waals surface area contributed by atoms with E-state index in [2.05, 4.69) is 20.6 Å². The van der Waals surface area contributed by atoms with E-state index in [9.17, 15) is 4.79 Å². The summed E-state index contributed by atoms with van der Waals surface area (Å²) in [6, 6.07) is 20.5. The summed E-state index contributed by atoms with van der Waals surface area (Å²) < 4.78 is 6.79. The Morgan fingerprint density at radius 2 is 1.68 bits per heavy atom. The lowest BCUT2D eigenvalue weighted by Gasteiger charge is -1.99. The van der Waals surface area contributed by atoms with Gasteiger partial charge in [0, 0.05) is 11.8 Å². The Bertz CT molecular complexity index is 993. The molecule has 4 aromatic rings. The first-order chi connectivity index (χ1) is 12.3. The third-order valence-electron chi connectivity index (χ3n) is 3.51. The molecule has 2 heterocycles. The van der Waals surface area contributed by atoms with Crippen LogP contribution in [0.25, 0.3) is 17.1 Å². The third kappa shape index (κ3) is 3.16. The van der Waals surface area contributed by atoms with Gasteiger partial charge < -0.3 is 4.52 Å². The normalized spacial score (nSPS) is 10.6. The van der Waals surface area contributed by atoms with Crippen molar-refractivity contribution in [3.63, 3.8) is 0 Å². The molecule has 7 heteroatoms. The minimum Gasteiger partial charge on any atom is -0.332 e. The molecule has 0 spiro atoms. The molecule has 7 nitrogen and oxygen atoms in total. The van der Waals surface area contributed by atoms with Crippen molar-refractivity contribution < 1.29 is 9.32 Å². The molecule has 2 aromatic carbocycles. The number of nitrogens with zero attached hydrogens (tertiary/aromatic N) is 4. The van der Waals surface area contributed by atoms with E-state index in [1.54, 1.807) is 16.9 Å². The average Bonchev–Trinajstić information content (AvgIpc) is 3.33. The van der Waals surface area contributed by atoms with Crippen LogP contribution in [0.1, 0.15) is 10.5 Å². The van der Waals surface area contributed by atoms with Crippen molar-refractivity contribution in [3.8, 4) is 17.1 Å². The number of hydrogen-bond donors (Lipinski definition) is 1. The molecule has 0 aliphatic heterocycles. The molecule has 0 saturated carbocycles. The molecule has 0 fully saturated rings. The molecule has 0 aliphatic rings. The summed E-state index contributed by atoms with van der Waals surface area (Å²) in [5.41, 5.74) is 1.91. The van der Waals surface area contributed by atoms with Gasteiger partial charge in [0.1, 0.15) is 0 Å². The van der Waals surface area contributed by atoms with Gasteiger partial charge in [0.2, 0.25) is 0 Å². The number of aromatic nitrogens is 4. The van der Waals surface area contributed by atoms with Crippen LogP contribution in [0.2, 0.25) is 0 Å². The van der Waals surface area contributed by atoms with E-state index >= 15 is 0 Å². The first-order valence-corrected chi connectivity index (χ1v) is 7.61. The van der Waals surface area contributed by atoms with Crippen LogP contribution in [0.5, 0.6) is 0 Å². The molecule has 0 saturated heterocycles. The molecular formula is C18H13N5O2. The second kappa shape index (κ2) is 6.40.